The Morgan fingerprint density at radius 1 is 1.30 bits per heavy atom. The van der Waals surface area contributed by atoms with Crippen LogP contribution in [0.1, 0.15) is 41.5 Å². The van der Waals surface area contributed by atoms with Gasteiger partial charge in [0.15, 0.2) is 0 Å². The molecule has 0 saturated carbocycles. The Morgan fingerprint density at radius 3 is 2.76 bits per heavy atom. The molecule has 2 aliphatic rings. The summed E-state index contributed by atoms with van der Waals surface area (Å²) in [5.74, 6) is 0.631. The van der Waals surface area contributed by atoms with Crippen LogP contribution in [0.2, 0.25) is 0 Å². The van der Waals surface area contributed by atoms with Crippen molar-refractivity contribution in [3.05, 3.63) is 58.8 Å². The van der Waals surface area contributed by atoms with E-state index in [1.54, 1.807) is 19.1 Å². The SMILES string of the molecule is COC(OC)c1nc2c(cc1CN1CCC(N(Cc3ccccc3)C(=O)O)C1=O)CCCN2. The minimum atomic E-state index is -1.10. The number of hydrogen-bond donors (Lipinski definition) is 2. The summed E-state index contributed by atoms with van der Waals surface area (Å²) in [7, 11) is 3.11. The molecule has 176 valence electrons. The number of rotatable bonds is 8. The second-order valence-electron chi connectivity index (χ2n) is 8.33. The fourth-order valence-electron chi connectivity index (χ4n) is 4.56. The molecule has 0 bridgehead atoms. The predicted molar refractivity (Wildman–Crippen MR) is 122 cm³/mol. The molecule has 1 fully saturated rings. The number of methoxy groups -OCH3 is 2. The van der Waals surface area contributed by atoms with E-state index in [0.717, 1.165) is 41.9 Å². The largest absolute Gasteiger partial charge is 0.465 e. The van der Waals surface area contributed by atoms with Crippen LogP contribution in [-0.4, -0.2) is 65.2 Å². The van der Waals surface area contributed by atoms with Gasteiger partial charge in [-0.25, -0.2) is 9.78 Å². The smallest absolute Gasteiger partial charge is 0.408 e. The van der Waals surface area contributed by atoms with Gasteiger partial charge in [-0.1, -0.05) is 30.3 Å². The van der Waals surface area contributed by atoms with E-state index in [-0.39, 0.29) is 12.5 Å². The predicted octanol–water partition coefficient (Wildman–Crippen LogP) is 3.01. The van der Waals surface area contributed by atoms with Gasteiger partial charge in [0.25, 0.3) is 0 Å². The van der Waals surface area contributed by atoms with Crippen LogP contribution in [-0.2, 0) is 33.8 Å². The van der Waals surface area contributed by atoms with Crippen LogP contribution >= 0.6 is 0 Å². The van der Waals surface area contributed by atoms with Crippen LogP contribution < -0.4 is 5.32 Å². The first kappa shape index (κ1) is 23.0. The minimum absolute atomic E-state index is 0.174. The Bertz CT molecular complexity index is 996. The monoisotopic (exact) mass is 454 g/mol. The molecule has 1 atom stereocenters. The standard InChI is InChI=1S/C24H30N4O5/c1-32-23(33-2)20-18(13-17-9-6-11-25-21(17)26-20)15-27-12-10-19(22(27)29)28(24(30)31)14-16-7-4-3-5-8-16/h3-5,7-8,13,19,23H,6,9-12,14-15H2,1-2H3,(H,25,26)(H,30,31). The van der Waals surface area contributed by atoms with Crippen LogP contribution in [0.25, 0.3) is 0 Å². The maximum atomic E-state index is 13.3. The summed E-state index contributed by atoms with van der Waals surface area (Å²) < 4.78 is 10.9. The summed E-state index contributed by atoms with van der Waals surface area (Å²) >= 11 is 0. The molecule has 2 aromatic rings. The fourth-order valence-corrected chi connectivity index (χ4v) is 4.56. The summed E-state index contributed by atoms with van der Waals surface area (Å²) in [6.07, 6.45) is 0.624. The number of nitrogens with one attached hydrogen (secondary N) is 1. The molecule has 0 radical (unpaired) electrons. The third-order valence-corrected chi connectivity index (χ3v) is 6.23. The molecule has 9 heteroatoms. The highest BCUT2D eigenvalue weighted by atomic mass is 16.7. The zero-order chi connectivity index (χ0) is 23.4. The number of amides is 2. The van der Waals surface area contributed by atoms with E-state index in [4.69, 9.17) is 14.5 Å². The molecule has 4 rings (SSSR count). The number of anilines is 1. The van der Waals surface area contributed by atoms with E-state index >= 15 is 0 Å². The summed E-state index contributed by atoms with van der Waals surface area (Å²) in [4.78, 5) is 33.0. The van der Waals surface area contributed by atoms with Crippen molar-refractivity contribution < 1.29 is 24.2 Å². The lowest BCUT2D eigenvalue weighted by Gasteiger charge is -2.27. The minimum Gasteiger partial charge on any atom is -0.465 e. The number of aromatic nitrogens is 1. The summed E-state index contributed by atoms with van der Waals surface area (Å²) in [6, 6.07) is 10.7. The van der Waals surface area contributed by atoms with Gasteiger partial charge in [0, 0.05) is 40.4 Å². The molecule has 9 nitrogen and oxygen atoms in total. The molecule has 1 saturated heterocycles. The van der Waals surface area contributed by atoms with Crippen molar-refractivity contribution >= 4 is 17.8 Å². The summed E-state index contributed by atoms with van der Waals surface area (Å²) in [5, 5.41) is 13.1. The zero-order valence-corrected chi connectivity index (χ0v) is 19.0. The Balaban J connectivity index is 1.56. The number of pyridine rings is 1. The van der Waals surface area contributed by atoms with Crippen molar-refractivity contribution in [2.75, 3.05) is 32.6 Å². The number of carbonyl (C=O) groups excluding carboxylic acids is 1. The van der Waals surface area contributed by atoms with Crippen molar-refractivity contribution in [3.63, 3.8) is 0 Å². The number of hydrogen-bond acceptors (Lipinski definition) is 6. The van der Waals surface area contributed by atoms with Crippen molar-refractivity contribution in [1.29, 1.82) is 0 Å². The zero-order valence-electron chi connectivity index (χ0n) is 19.0. The van der Waals surface area contributed by atoms with Gasteiger partial charge in [-0.05, 0) is 42.0 Å². The molecule has 1 aromatic carbocycles. The van der Waals surface area contributed by atoms with E-state index in [2.05, 4.69) is 11.4 Å². The highest BCUT2D eigenvalue weighted by Gasteiger charge is 2.39. The molecule has 2 N–H and O–H groups in total. The highest BCUT2D eigenvalue weighted by Crippen LogP contribution is 2.30. The molecule has 2 aliphatic heterocycles. The maximum Gasteiger partial charge on any atom is 0.408 e. The van der Waals surface area contributed by atoms with Gasteiger partial charge in [-0.2, -0.15) is 0 Å². The molecule has 3 heterocycles. The van der Waals surface area contributed by atoms with E-state index in [1.807, 2.05) is 30.3 Å². The number of benzene rings is 1. The first-order valence-electron chi connectivity index (χ1n) is 11.2. The summed E-state index contributed by atoms with van der Waals surface area (Å²) in [5.41, 5.74) is 3.43. The summed E-state index contributed by atoms with van der Waals surface area (Å²) in [6.45, 7) is 1.84. The molecule has 0 aliphatic carbocycles. The number of carbonyl (C=O) groups is 2. The topological polar surface area (TPSA) is 104 Å². The van der Waals surface area contributed by atoms with E-state index in [9.17, 15) is 14.7 Å². The normalized spacial score (nSPS) is 17.7. The number of ether oxygens (including phenoxy) is 2. The molecular weight excluding hydrogens is 424 g/mol. The highest BCUT2D eigenvalue weighted by molar-refractivity contribution is 5.87. The van der Waals surface area contributed by atoms with E-state index < -0.39 is 18.4 Å². The number of fused-ring (bicyclic) bond motifs is 1. The lowest BCUT2D eigenvalue weighted by molar-refractivity contribution is -0.132. The lowest BCUT2D eigenvalue weighted by atomic mass is 10.0. The first-order valence-corrected chi connectivity index (χ1v) is 11.2. The fraction of sp³-hybridized carbons (Fsp3) is 0.458. The molecule has 2 amide bonds. The van der Waals surface area contributed by atoms with E-state index in [0.29, 0.717) is 25.2 Å². The van der Waals surface area contributed by atoms with Crippen LogP contribution in [0.5, 0.6) is 0 Å². The second kappa shape index (κ2) is 10.2. The van der Waals surface area contributed by atoms with Crippen LogP contribution in [0, 0.1) is 0 Å². The molecular formula is C24H30N4O5. The van der Waals surface area contributed by atoms with Gasteiger partial charge < -0.3 is 24.8 Å². The van der Waals surface area contributed by atoms with Crippen molar-refractivity contribution in [2.45, 2.75) is 44.7 Å². The first-order chi connectivity index (χ1) is 16.0. The lowest BCUT2D eigenvalue weighted by Crippen LogP contribution is -2.44. The maximum absolute atomic E-state index is 13.3. The van der Waals surface area contributed by atoms with Crippen molar-refractivity contribution in [2.24, 2.45) is 0 Å². The Hall–Kier alpha value is -3.17. The third kappa shape index (κ3) is 4.94. The van der Waals surface area contributed by atoms with Gasteiger partial charge in [-0.15, -0.1) is 0 Å². The Kier molecular flexibility index (Phi) is 7.10. The second-order valence-corrected chi connectivity index (χ2v) is 8.33. The molecule has 1 unspecified atom stereocenters. The Morgan fingerprint density at radius 2 is 2.06 bits per heavy atom. The van der Waals surface area contributed by atoms with Gasteiger partial charge >= 0.3 is 6.09 Å². The van der Waals surface area contributed by atoms with Crippen molar-refractivity contribution in [1.82, 2.24) is 14.8 Å². The molecule has 1 aromatic heterocycles. The number of carboxylic acid groups (broad SMARTS) is 1. The number of aryl methyl sites for hydroxylation is 1. The number of likely N-dealkylation sites (tertiary alicyclic amines) is 1. The average molecular weight is 455 g/mol. The van der Waals surface area contributed by atoms with Crippen LogP contribution in [0.3, 0.4) is 0 Å². The number of nitrogens with zero attached hydrogens (tertiary/aromatic N) is 3. The molecule has 0 spiro atoms. The van der Waals surface area contributed by atoms with E-state index in [1.165, 1.54) is 4.90 Å². The van der Waals surface area contributed by atoms with Crippen LogP contribution in [0.15, 0.2) is 36.4 Å². The van der Waals surface area contributed by atoms with Crippen LogP contribution in [0.4, 0.5) is 10.6 Å². The van der Waals surface area contributed by atoms with Gasteiger partial charge in [-0.3, -0.25) is 9.69 Å². The van der Waals surface area contributed by atoms with Gasteiger partial charge in [0.2, 0.25) is 12.2 Å². The molecule has 33 heavy (non-hydrogen) atoms. The van der Waals surface area contributed by atoms with Gasteiger partial charge in [0.1, 0.15) is 17.6 Å². The van der Waals surface area contributed by atoms with Crippen molar-refractivity contribution in [3.8, 4) is 0 Å². The average Bonchev–Trinajstić information content (AvgIpc) is 3.18. The quantitative estimate of drug-likeness (QED) is 0.591. The van der Waals surface area contributed by atoms with Gasteiger partial charge in [0.05, 0.1) is 0 Å². The Labute approximate surface area is 193 Å². The third-order valence-electron chi connectivity index (χ3n) is 6.23.